The minimum Gasteiger partial charge on any atom is -0.497 e. The average Bonchev–Trinajstić information content (AvgIpc) is 3.08. The molecule has 3 aromatic rings. The Morgan fingerprint density at radius 1 is 1.04 bits per heavy atom. The number of rotatable bonds is 5. The normalized spacial score (nSPS) is 11.2. The van der Waals surface area contributed by atoms with Gasteiger partial charge in [-0.05, 0) is 65.9 Å². The molecule has 0 amide bonds. The van der Waals surface area contributed by atoms with E-state index < -0.39 is 10.0 Å². The Morgan fingerprint density at radius 3 is 2.42 bits per heavy atom. The molecule has 0 fully saturated rings. The summed E-state index contributed by atoms with van der Waals surface area (Å²) in [6.07, 6.45) is 0. The van der Waals surface area contributed by atoms with Crippen LogP contribution >= 0.6 is 11.3 Å². The molecule has 0 aliphatic heterocycles. The number of methoxy groups -OCH3 is 1. The smallest absolute Gasteiger partial charge is 0.261 e. The molecule has 24 heavy (non-hydrogen) atoms. The SMILES string of the molecule is COc1ccc(S(=O)(=O)Nc2cc(C)cc(-c3cccs3)c2)cc1. The second kappa shape index (κ2) is 6.67. The van der Waals surface area contributed by atoms with E-state index in [-0.39, 0.29) is 4.90 Å². The number of aryl methyl sites for hydroxylation is 1. The van der Waals surface area contributed by atoms with Crippen molar-refractivity contribution in [1.82, 2.24) is 0 Å². The van der Waals surface area contributed by atoms with Crippen LogP contribution in [0.3, 0.4) is 0 Å². The van der Waals surface area contributed by atoms with Crippen LogP contribution in [0.4, 0.5) is 5.69 Å². The molecular formula is C18H17NO3S2. The summed E-state index contributed by atoms with van der Waals surface area (Å²) in [6.45, 7) is 1.95. The molecule has 0 aliphatic rings. The molecule has 0 atom stereocenters. The Labute approximate surface area is 145 Å². The first-order valence-electron chi connectivity index (χ1n) is 7.30. The van der Waals surface area contributed by atoms with Gasteiger partial charge in [0.1, 0.15) is 5.75 Å². The monoisotopic (exact) mass is 359 g/mol. The maximum Gasteiger partial charge on any atom is 0.261 e. The molecule has 4 nitrogen and oxygen atoms in total. The van der Waals surface area contributed by atoms with Crippen LogP contribution in [0, 0.1) is 6.92 Å². The number of hydrogen-bond donors (Lipinski definition) is 1. The molecule has 1 aromatic heterocycles. The zero-order valence-electron chi connectivity index (χ0n) is 13.3. The first kappa shape index (κ1) is 16.5. The van der Waals surface area contributed by atoms with E-state index in [0.717, 1.165) is 16.0 Å². The Morgan fingerprint density at radius 2 is 1.79 bits per heavy atom. The first-order chi connectivity index (χ1) is 11.5. The number of nitrogens with one attached hydrogen (secondary N) is 1. The molecule has 0 unspecified atom stereocenters. The van der Waals surface area contributed by atoms with Gasteiger partial charge < -0.3 is 4.74 Å². The molecular weight excluding hydrogens is 342 g/mol. The van der Waals surface area contributed by atoms with Crippen LogP contribution in [0.2, 0.25) is 0 Å². The lowest BCUT2D eigenvalue weighted by Crippen LogP contribution is -2.13. The molecule has 3 rings (SSSR count). The molecule has 124 valence electrons. The standard InChI is InChI=1S/C18H17NO3S2/c1-13-10-14(18-4-3-9-23-18)12-15(11-13)19-24(20,21)17-7-5-16(22-2)6-8-17/h3-12,19H,1-2H3. The van der Waals surface area contributed by atoms with Crippen LogP contribution in [0.1, 0.15) is 5.56 Å². The third-order valence-corrected chi connectivity index (χ3v) is 5.82. The summed E-state index contributed by atoms with van der Waals surface area (Å²) in [5.41, 5.74) is 2.54. The summed E-state index contributed by atoms with van der Waals surface area (Å²) < 4.78 is 32.8. The van der Waals surface area contributed by atoms with Gasteiger partial charge in [0.15, 0.2) is 0 Å². The number of benzene rings is 2. The van der Waals surface area contributed by atoms with Crippen LogP contribution < -0.4 is 9.46 Å². The van der Waals surface area contributed by atoms with Crippen molar-refractivity contribution in [3.63, 3.8) is 0 Å². The molecule has 2 aromatic carbocycles. The van der Waals surface area contributed by atoms with Gasteiger partial charge in [0.2, 0.25) is 0 Å². The van der Waals surface area contributed by atoms with E-state index in [0.29, 0.717) is 11.4 Å². The maximum atomic E-state index is 12.6. The van der Waals surface area contributed by atoms with Crippen molar-refractivity contribution in [2.75, 3.05) is 11.8 Å². The third kappa shape index (κ3) is 3.60. The van der Waals surface area contributed by atoms with Gasteiger partial charge in [-0.3, -0.25) is 4.72 Å². The quantitative estimate of drug-likeness (QED) is 0.728. The lowest BCUT2D eigenvalue weighted by molar-refractivity contribution is 0.414. The van der Waals surface area contributed by atoms with E-state index in [4.69, 9.17) is 4.74 Å². The first-order valence-corrected chi connectivity index (χ1v) is 9.67. The Balaban J connectivity index is 1.92. The van der Waals surface area contributed by atoms with Crippen LogP contribution in [0.25, 0.3) is 10.4 Å². The number of hydrogen-bond acceptors (Lipinski definition) is 4. The highest BCUT2D eigenvalue weighted by Gasteiger charge is 2.15. The number of anilines is 1. The van der Waals surface area contributed by atoms with E-state index in [1.54, 1.807) is 30.6 Å². The van der Waals surface area contributed by atoms with E-state index in [9.17, 15) is 8.42 Å². The van der Waals surface area contributed by atoms with Gasteiger partial charge in [0, 0.05) is 10.6 Å². The topological polar surface area (TPSA) is 55.4 Å². The van der Waals surface area contributed by atoms with Gasteiger partial charge in [-0.25, -0.2) is 8.42 Å². The zero-order valence-corrected chi connectivity index (χ0v) is 14.9. The van der Waals surface area contributed by atoms with Gasteiger partial charge in [0.25, 0.3) is 10.0 Å². The summed E-state index contributed by atoms with van der Waals surface area (Å²) in [5, 5.41) is 2.00. The Hall–Kier alpha value is -2.31. The fourth-order valence-corrected chi connectivity index (χ4v) is 4.15. The summed E-state index contributed by atoms with van der Waals surface area (Å²) in [4.78, 5) is 1.30. The molecule has 0 bridgehead atoms. The largest absolute Gasteiger partial charge is 0.497 e. The molecule has 1 N–H and O–H groups in total. The van der Waals surface area contributed by atoms with Crippen molar-refractivity contribution in [2.45, 2.75) is 11.8 Å². The summed E-state index contributed by atoms with van der Waals surface area (Å²) in [5.74, 6) is 0.615. The second-order valence-corrected chi connectivity index (χ2v) is 7.98. The Bertz CT molecular complexity index is 931. The van der Waals surface area contributed by atoms with Gasteiger partial charge in [-0.15, -0.1) is 11.3 Å². The van der Waals surface area contributed by atoms with Gasteiger partial charge in [-0.2, -0.15) is 0 Å². The molecule has 0 radical (unpaired) electrons. The predicted octanol–water partition coefficient (Wildman–Crippen LogP) is 4.53. The van der Waals surface area contributed by atoms with E-state index in [1.807, 2.05) is 42.6 Å². The summed E-state index contributed by atoms with van der Waals surface area (Å²) in [6, 6.07) is 16.0. The van der Waals surface area contributed by atoms with Crippen molar-refractivity contribution in [2.24, 2.45) is 0 Å². The predicted molar refractivity (Wildman–Crippen MR) is 98.3 cm³/mol. The van der Waals surface area contributed by atoms with E-state index in [1.165, 1.54) is 12.1 Å². The average molecular weight is 359 g/mol. The lowest BCUT2D eigenvalue weighted by Gasteiger charge is -2.11. The van der Waals surface area contributed by atoms with Crippen molar-refractivity contribution < 1.29 is 13.2 Å². The minimum atomic E-state index is -3.64. The third-order valence-electron chi connectivity index (χ3n) is 3.50. The highest BCUT2D eigenvalue weighted by atomic mass is 32.2. The minimum absolute atomic E-state index is 0.197. The molecule has 6 heteroatoms. The van der Waals surface area contributed by atoms with Crippen molar-refractivity contribution in [1.29, 1.82) is 0 Å². The van der Waals surface area contributed by atoms with Crippen LogP contribution in [-0.4, -0.2) is 15.5 Å². The Kier molecular flexibility index (Phi) is 4.59. The molecule has 0 aliphatic carbocycles. The highest BCUT2D eigenvalue weighted by Crippen LogP contribution is 2.29. The number of thiophene rings is 1. The molecule has 0 spiro atoms. The van der Waals surface area contributed by atoms with Crippen LogP contribution in [-0.2, 0) is 10.0 Å². The lowest BCUT2D eigenvalue weighted by atomic mass is 10.1. The van der Waals surface area contributed by atoms with Gasteiger partial charge in [-0.1, -0.05) is 12.1 Å². The van der Waals surface area contributed by atoms with Crippen molar-refractivity contribution in [3.05, 3.63) is 65.5 Å². The van der Waals surface area contributed by atoms with Crippen molar-refractivity contribution >= 4 is 27.0 Å². The maximum absolute atomic E-state index is 12.6. The molecule has 0 saturated heterocycles. The van der Waals surface area contributed by atoms with Crippen LogP contribution in [0.5, 0.6) is 5.75 Å². The number of ether oxygens (including phenoxy) is 1. The number of sulfonamides is 1. The fraction of sp³-hybridized carbons (Fsp3) is 0.111. The molecule has 0 saturated carbocycles. The zero-order chi connectivity index (χ0) is 17.2. The van der Waals surface area contributed by atoms with Crippen LogP contribution in [0.15, 0.2) is 64.9 Å². The second-order valence-electron chi connectivity index (χ2n) is 5.35. The molecule has 1 heterocycles. The summed E-state index contributed by atoms with van der Waals surface area (Å²) >= 11 is 1.62. The highest BCUT2D eigenvalue weighted by molar-refractivity contribution is 7.92. The van der Waals surface area contributed by atoms with E-state index in [2.05, 4.69) is 4.72 Å². The summed E-state index contributed by atoms with van der Waals surface area (Å²) in [7, 11) is -2.10. The van der Waals surface area contributed by atoms with E-state index >= 15 is 0 Å². The van der Waals surface area contributed by atoms with Gasteiger partial charge >= 0.3 is 0 Å². The fourth-order valence-electron chi connectivity index (χ4n) is 2.40. The van der Waals surface area contributed by atoms with Gasteiger partial charge in [0.05, 0.1) is 12.0 Å². The van der Waals surface area contributed by atoms with Crippen molar-refractivity contribution in [3.8, 4) is 16.2 Å².